The van der Waals surface area contributed by atoms with E-state index in [4.69, 9.17) is 27.9 Å². The molecule has 3 aromatic rings. The third-order valence-electron chi connectivity index (χ3n) is 4.52. The van der Waals surface area contributed by atoms with Crippen molar-refractivity contribution in [2.24, 2.45) is 0 Å². The minimum absolute atomic E-state index is 0.184. The number of aromatic nitrogens is 1. The number of rotatable bonds is 7. The Labute approximate surface area is 185 Å². The first-order valence-electron chi connectivity index (χ1n) is 9.46. The lowest BCUT2D eigenvalue weighted by molar-refractivity contribution is -0.118. The van der Waals surface area contributed by atoms with E-state index in [2.05, 4.69) is 10.3 Å². The lowest BCUT2D eigenvalue weighted by Gasteiger charge is -2.14. The van der Waals surface area contributed by atoms with Gasteiger partial charge in [0.25, 0.3) is 5.91 Å². The third-order valence-corrected chi connectivity index (χ3v) is 5.20. The van der Waals surface area contributed by atoms with Crippen molar-refractivity contribution in [3.8, 4) is 11.5 Å². The van der Waals surface area contributed by atoms with Gasteiger partial charge < -0.3 is 15.2 Å². The van der Waals surface area contributed by atoms with E-state index in [1.165, 1.54) is 0 Å². The maximum atomic E-state index is 12.0. The molecule has 0 aliphatic heterocycles. The van der Waals surface area contributed by atoms with Gasteiger partial charge in [-0.05, 0) is 52.9 Å². The molecule has 156 valence electrons. The largest absolute Gasteiger partial charge is 0.508 e. The number of carbonyl (C=O) groups is 1. The van der Waals surface area contributed by atoms with Gasteiger partial charge in [-0.1, -0.05) is 49.2 Å². The van der Waals surface area contributed by atoms with Crippen molar-refractivity contribution in [2.45, 2.75) is 26.2 Å². The number of aromatic hydroxyl groups is 1. The highest BCUT2D eigenvalue weighted by Crippen LogP contribution is 2.34. The summed E-state index contributed by atoms with van der Waals surface area (Å²) in [6.07, 6.45) is 3.69. The van der Waals surface area contributed by atoms with Crippen LogP contribution in [0.5, 0.6) is 11.5 Å². The summed E-state index contributed by atoms with van der Waals surface area (Å²) in [4.78, 5) is 16.0. The normalized spacial score (nSPS) is 10.8. The van der Waals surface area contributed by atoms with E-state index in [0.29, 0.717) is 27.9 Å². The molecule has 0 spiro atoms. The molecule has 2 N–H and O–H groups in total. The predicted molar refractivity (Wildman–Crippen MR) is 120 cm³/mol. The molecule has 30 heavy (non-hydrogen) atoms. The molecule has 0 saturated heterocycles. The Hall–Kier alpha value is -2.76. The van der Waals surface area contributed by atoms with Crippen molar-refractivity contribution < 1.29 is 14.6 Å². The zero-order valence-corrected chi connectivity index (χ0v) is 18.2. The molecule has 7 heteroatoms. The highest BCUT2D eigenvalue weighted by Gasteiger charge is 2.13. The van der Waals surface area contributed by atoms with E-state index >= 15 is 0 Å². The number of anilines is 1. The van der Waals surface area contributed by atoms with Crippen LogP contribution in [-0.2, 0) is 11.2 Å². The van der Waals surface area contributed by atoms with Gasteiger partial charge in [-0.15, -0.1) is 0 Å². The fraction of sp³-hybridized carbons (Fsp3) is 0.217. The van der Waals surface area contributed by atoms with Crippen molar-refractivity contribution >= 4 is 34.8 Å². The minimum Gasteiger partial charge on any atom is -0.508 e. The first-order valence-corrected chi connectivity index (χ1v) is 10.2. The van der Waals surface area contributed by atoms with Gasteiger partial charge in [-0.2, -0.15) is 0 Å². The van der Waals surface area contributed by atoms with Crippen LogP contribution in [-0.4, -0.2) is 22.6 Å². The number of pyridine rings is 1. The van der Waals surface area contributed by atoms with E-state index in [1.807, 2.05) is 26.0 Å². The van der Waals surface area contributed by atoms with E-state index < -0.39 is 0 Å². The number of hydrogen-bond donors (Lipinski definition) is 2. The minimum atomic E-state index is -0.315. The molecule has 5 nitrogen and oxygen atoms in total. The second-order valence-corrected chi connectivity index (χ2v) is 7.98. The molecule has 1 heterocycles. The molecule has 1 amide bonds. The Bertz CT molecular complexity index is 1020. The number of carbonyl (C=O) groups excluding carboxylic acids is 1. The first kappa shape index (κ1) is 21.9. The predicted octanol–water partition coefficient (Wildman–Crippen LogP) is 5.83. The van der Waals surface area contributed by atoms with Crippen LogP contribution in [0.1, 0.15) is 36.5 Å². The van der Waals surface area contributed by atoms with Gasteiger partial charge >= 0.3 is 0 Å². The van der Waals surface area contributed by atoms with Crippen LogP contribution < -0.4 is 10.1 Å². The van der Waals surface area contributed by atoms with Crippen molar-refractivity contribution in [1.29, 1.82) is 0 Å². The molecule has 0 atom stereocenters. The van der Waals surface area contributed by atoms with Gasteiger partial charge in [-0.3, -0.25) is 9.78 Å². The molecule has 0 fully saturated rings. The molecule has 0 bridgehead atoms. The number of phenolic OH excluding ortho intramolecular Hbond substituents is 1. The number of nitrogens with one attached hydrogen (secondary N) is 1. The third kappa shape index (κ3) is 5.65. The molecule has 3 rings (SSSR count). The van der Waals surface area contributed by atoms with Gasteiger partial charge in [0.15, 0.2) is 6.61 Å². The number of nitrogens with zero attached hydrogens (tertiary/aromatic N) is 1. The van der Waals surface area contributed by atoms with Crippen molar-refractivity contribution in [3.05, 3.63) is 81.6 Å². The summed E-state index contributed by atoms with van der Waals surface area (Å²) in [5, 5.41) is 13.6. The monoisotopic (exact) mass is 444 g/mol. The van der Waals surface area contributed by atoms with Crippen molar-refractivity contribution in [2.75, 3.05) is 11.9 Å². The number of halogens is 2. The summed E-state index contributed by atoms with van der Waals surface area (Å²) < 4.78 is 5.54. The summed E-state index contributed by atoms with van der Waals surface area (Å²) in [7, 11) is 0. The van der Waals surface area contributed by atoms with Gasteiger partial charge in [0.1, 0.15) is 11.5 Å². The summed E-state index contributed by atoms with van der Waals surface area (Å²) in [6, 6.07) is 12.2. The average molecular weight is 445 g/mol. The molecular weight excluding hydrogens is 423 g/mol. The fourth-order valence-electron chi connectivity index (χ4n) is 3.00. The number of amides is 1. The average Bonchev–Trinajstić information content (AvgIpc) is 2.71. The topological polar surface area (TPSA) is 71.5 Å². The molecule has 2 aromatic carbocycles. The molecule has 0 aliphatic rings. The first-order chi connectivity index (χ1) is 14.3. The quantitative estimate of drug-likeness (QED) is 0.480. The molecule has 1 aromatic heterocycles. The van der Waals surface area contributed by atoms with Crippen LogP contribution in [0, 0.1) is 0 Å². The van der Waals surface area contributed by atoms with Crippen LogP contribution in [0.25, 0.3) is 0 Å². The Morgan fingerprint density at radius 2 is 1.90 bits per heavy atom. The highest BCUT2D eigenvalue weighted by atomic mass is 35.5. The number of hydrogen-bond acceptors (Lipinski definition) is 4. The lowest BCUT2D eigenvalue weighted by atomic mass is 9.96. The number of phenols is 1. The smallest absolute Gasteiger partial charge is 0.262 e. The van der Waals surface area contributed by atoms with Gasteiger partial charge in [0.2, 0.25) is 0 Å². The summed E-state index contributed by atoms with van der Waals surface area (Å²) in [5.74, 6) is 0.567. The molecule has 0 aliphatic carbocycles. The fourth-order valence-corrected chi connectivity index (χ4v) is 3.60. The summed E-state index contributed by atoms with van der Waals surface area (Å²) in [5.41, 5.74) is 3.21. The zero-order chi connectivity index (χ0) is 21.7. The second-order valence-electron chi connectivity index (χ2n) is 7.17. The van der Waals surface area contributed by atoms with Crippen molar-refractivity contribution in [3.63, 3.8) is 0 Å². The Morgan fingerprint density at radius 1 is 1.17 bits per heavy atom. The molecule has 0 saturated carbocycles. The van der Waals surface area contributed by atoms with E-state index in [1.54, 1.807) is 42.7 Å². The van der Waals surface area contributed by atoms with Crippen LogP contribution in [0.15, 0.2) is 54.9 Å². The maximum absolute atomic E-state index is 12.0. The Balaban J connectivity index is 1.68. The SMILES string of the molecule is CC(C)c1cc(Cc2c(Cl)cc(OCC(=O)Nc3cccnc3)cc2Cl)ccc1O. The van der Waals surface area contributed by atoms with Crippen molar-refractivity contribution in [1.82, 2.24) is 4.98 Å². The summed E-state index contributed by atoms with van der Waals surface area (Å²) >= 11 is 12.9. The molecule has 0 unspecified atom stereocenters. The van der Waals surface area contributed by atoms with Gasteiger partial charge in [0, 0.05) is 22.7 Å². The Morgan fingerprint density at radius 3 is 2.53 bits per heavy atom. The molecule has 0 radical (unpaired) electrons. The standard InChI is InChI=1S/C23H22Cl2N2O3/c1-14(2)18-8-15(5-6-22(18)28)9-19-20(24)10-17(11-21(19)25)30-13-23(29)27-16-4-3-7-26-12-16/h3-8,10-12,14,28H,9,13H2,1-2H3,(H,27,29). The zero-order valence-electron chi connectivity index (χ0n) is 16.7. The second kappa shape index (κ2) is 9.83. The lowest BCUT2D eigenvalue weighted by Crippen LogP contribution is -2.20. The molecular formula is C23H22Cl2N2O3. The Kier molecular flexibility index (Phi) is 7.19. The van der Waals surface area contributed by atoms with Gasteiger partial charge in [0.05, 0.1) is 11.9 Å². The van der Waals surface area contributed by atoms with Crippen LogP contribution in [0.2, 0.25) is 10.0 Å². The highest BCUT2D eigenvalue weighted by molar-refractivity contribution is 6.36. The van der Waals surface area contributed by atoms with Crippen LogP contribution in [0.4, 0.5) is 5.69 Å². The maximum Gasteiger partial charge on any atom is 0.262 e. The number of ether oxygens (including phenoxy) is 1. The number of benzene rings is 2. The van der Waals surface area contributed by atoms with Crippen LogP contribution in [0.3, 0.4) is 0 Å². The van der Waals surface area contributed by atoms with E-state index in [0.717, 1.165) is 16.7 Å². The van der Waals surface area contributed by atoms with E-state index in [-0.39, 0.29) is 24.2 Å². The van der Waals surface area contributed by atoms with Crippen LogP contribution >= 0.6 is 23.2 Å². The summed E-state index contributed by atoms with van der Waals surface area (Å²) in [6.45, 7) is 3.86. The van der Waals surface area contributed by atoms with Gasteiger partial charge in [-0.25, -0.2) is 0 Å². The van der Waals surface area contributed by atoms with E-state index in [9.17, 15) is 9.90 Å².